The molecule has 2 nitrogen and oxygen atoms in total. The fourth-order valence-electron chi connectivity index (χ4n) is 3.36. The van der Waals surface area contributed by atoms with Crippen molar-refractivity contribution in [1.29, 1.82) is 0 Å². The summed E-state index contributed by atoms with van der Waals surface area (Å²) in [5, 5.41) is 3.65. The van der Waals surface area contributed by atoms with Crippen LogP contribution in [0, 0.1) is 0 Å². The van der Waals surface area contributed by atoms with Crippen LogP contribution in [0.25, 0.3) is 0 Å². The van der Waals surface area contributed by atoms with Gasteiger partial charge in [0.1, 0.15) is 0 Å². The van der Waals surface area contributed by atoms with Crippen LogP contribution in [0.2, 0.25) is 0 Å². The molecule has 0 amide bonds. The largest absolute Gasteiger partial charge is 0.370 e. The first kappa shape index (κ1) is 12.0. The summed E-state index contributed by atoms with van der Waals surface area (Å²) in [5.41, 5.74) is 4.60. The Morgan fingerprint density at radius 3 is 2.89 bits per heavy atom. The zero-order valence-electron chi connectivity index (χ0n) is 11.6. The van der Waals surface area contributed by atoms with Gasteiger partial charge in [-0.2, -0.15) is 0 Å². The Hall–Kier alpha value is -1.02. The minimum Gasteiger partial charge on any atom is -0.370 e. The molecule has 1 saturated heterocycles. The third-order valence-electron chi connectivity index (χ3n) is 4.20. The lowest BCUT2D eigenvalue weighted by molar-refractivity contribution is 0.492. The number of hydrogen-bond acceptors (Lipinski definition) is 2. The van der Waals surface area contributed by atoms with Crippen molar-refractivity contribution in [3.8, 4) is 0 Å². The topological polar surface area (TPSA) is 15.3 Å². The number of rotatable bonds is 3. The molecule has 1 atom stereocenters. The Balaban J connectivity index is 1.69. The van der Waals surface area contributed by atoms with E-state index < -0.39 is 0 Å². The normalized spacial score (nSPS) is 22.8. The summed E-state index contributed by atoms with van der Waals surface area (Å²) < 4.78 is 0. The van der Waals surface area contributed by atoms with Crippen molar-refractivity contribution in [1.82, 2.24) is 5.32 Å². The van der Waals surface area contributed by atoms with Crippen molar-refractivity contribution in [3.63, 3.8) is 0 Å². The predicted molar refractivity (Wildman–Crippen MR) is 77.4 cm³/mol. The molecular formula is C16H24N2. The van der Waals surface area contributed by atoms with Crippen molar-refractivity contribution in [2.45, 2.75) is 51.6 Å². The lowest BCUT2D eigenvalue weighted by Gasteiger charge is -2.21. The molecule has 18 heavy (non-hydrogen) atoms. The number of anilines is 1. The molecule has 0 bridgehead atoms. The van der Waals surface area contributed by atoms with E-state index in [2.05, 4.69) is 42.3 Å². The van der Waals surface area contributed by atoms with Gasteiger partial charge in [-0.3, -0.25) is 0 Å². The van der Waals surface area contributed by atoms with Crippen LogP contribution in [-0.2, 0) is 12.8 Å². The van der Waals surface area contributed by atoms with Crippen LogP contribution < -0.4 is 10.2 Å². The molecule has 0 radical (unpaired) electrons. The summed E-state index contributed by atoms with van der Waals surface area (Å²) in [6.07, 6.45) is 5.18. The zero-order valence-corrected chi connectivity index (χ0v) is 11.6. The minimum absolute atomic E-state index is 0.593. The molecule has 98 valence electrons. The second-order valence-electron chi connectivity index (χ2n) is 6.06. The molecule has 1 aromatic rings. The van der Waals surface area contributed by atoms with Gasteiger partial charge >= 0.3 is 0 Å². The van der Waals surface area contributed by atoms with Crippen molar-refractivity contribution in [2.24, 2.45) is 0 Å². The minimum atomic E-state index is 0.593. The van der Waals surface area contributed by atoms with Gasteiger partial charge in [0, 0.05) is 30.9 Å². The standard InChI is InChI=1S/C16H24N2/c1-12(2)17-15-8-9-18(11-15)16-7-6-13-4-3-5-14(13)10-16/h6-7,10,12,15,17H,3-5,8-9,11H2,1-2H3. The van der Waals surface area contributed by atoms with Gasteiger partial charge in [0.2, 0.25) is 0 Å². The first-order chi connectivity index (χ1) is 8.72. The molecule has 1 heterocycles. The lowest BCUT2D eigenvalue weighted by Crippen LogP contribution is -2.37. The summed E-state index contributed by atoms with van der Waals surface area (Å²) in [6, 6.07) is 8.36. The molecule has 0 aromatic heterocycles. The highest BCUT2D eigenvalue weighted by atomic mass is 15.2. The molecule has 2 heteroatoms. The summed E-state index contributed by atoms with van der Waals surface area (Å²) in [4.78, 5) is 2.54. The molecule has 1 N–H and O–H groups in total. The zero-order chi connectivity index (χ0) is 12.5. The van der Waals surface area contributed by atoms with Gasteiger partial charge in [-0.05, 0) is 48.9 Å². The van der Waals surface area contributed by atoms with Gasteiger partial charge in [0.15, 0.2) is 0 Å². The number of hydrogen-bond donors (Lipinski definition) is 1. The average molecular weight is 244 g/mol. The van der Waals surface area contributed by atoms with E-state index in [-0.39, 0.29) is 0 Å². The van der Waals surface area contributed by atoms with Crippen molar-refractivity contribution >= 4 is 5.69 Å². The van der Waals surface area contributed by atoms with Crippen molar-refractivity contribution < 1.29 is 0 Å². The molecule has 2 aliphatic rings. The smallest absolute Gasteiger partial charge is 0.0369 e. The number of benzene rings is 1. The fourth-order valence-corrected chi connectivity index (χ4v) is 3.36. The first-order valence-corrected chi connectivity index (χ1v) is 7.35. The molecular weight excluding hydrogens is 220 g/mol. The van der Waals surface area contributed by atoms with Crippen LogP contribution in [0.3, 0.4) is 0 Å². The second-order valence-corrected chi connectivity index (χ2v) is 6.06. The van der Waals surface area contributed by atoms with E-state index in [4.69, 9.17) is 0 Å². The SMILES string of the molecule is CC(C)NC1CCN(c2ccc3c(c2)CCC3)C1. The third-order valence-corrected chi connectivity index (χ3v) is 4.20. The van der Waals surface area contributed by atoms with Crippen LogP contribution in [0.4, 0.5) is 5.69 Å². The number of fused-ring (bicyclic) bond motifs is 1. The monoisotopic (exact) mass is 244 g/mol. The number of nitrogens with one attached hydrogen (secondary N) is 1. The molecule has 1 aliphatic carbocycles. The van der Waals surface area contributed by atoms with Crippen LogP contribution in [0.15, 0.2) is 18.2 Å². The van der Waals surface area contributed by atoms with E-state index in [1.54, 1.807) is 11.1 Å². The van der Waals surface area contributed by atoms with E-state index >= 15 is 0 Å². The summed E-state index contributed by atoms with van der Waals surface area (Å²) in [7, 11) is 0. The maximum atomic E-state index is 3.65. The first-order valence-electron chi connectivity index (χ1n) is 7.35. The molecule has 1 aromatic carbocycles. The van der Waals surface area contributed by atoms with Crippen LogP contribution >= 0.6 is 0 Å². The van der Waals surface area contributed by atoms with E-state index in [0.717, 1.165) is 6.54 Å². The Bertz CT molecular complexity index is 425. The summed E-state index contributed by atoms with van der Waals surface area (Å²) in [5.74, 6) is 0. The highest BCUT2D eigenvalue weighted by Crippen LogP contribution is 2.28. The van der Waals surface area contributed by atoms with Gasteiger partial charge in [-0.1, -0.05) is 19.9 Å². The number of nitrogens with zero attached hydrogens (tertiary/aromatic N) is 1. The molecule has 1 aliphatic heterocycles. The van der Waals surface area contributed by atoms with Gasteiger partial charge < -0.3 is 10.2 Å². The lowest BCUT2D eigenvalue weighted by atomic mass is 10.1. The van der Waals surface area contributed by atoms with Crippen LogP contribution in [0.1, 0.15) is 37.8 Å². The Morgan fingerprint density at radius 1 is 1.22 bits per heavy atom. The predicted octanol–water partition coefficient (Wildman–Crippen LogP) is 2.75. The Kier molecular flexibility index (Phi) is 3.29. The van der Waals surface area contributed by atoms with Gasteiger partial charge in [0.05, 0.1) is 0 Å². The Labute approximate surface area is 110 Å². The highest BCUT2D eigenvalue weighted by molar-refractivity contribution is 5.53. The quantitative estimate of drug-likeness (QED) is 0.879. The third kappa shape index (κ3) is 2.39. The highest BCUT2D eigenvalue weighted by Gasteiger charge is 2.23. The molecule has 0 saturated carbocycles. The maximum Gasteiger partial charge on any atom is 0.0369 e. The van der Waals surface area contributed by atoms with E-state index in [0.29, 0.717) is 12.1 Å². The van der Waals surface area contributed by atoms with E-state index in [1.165, 1.54) is 37.9 Å². The van der Waals surface area contributed by atoms with Crippen molar-refractivity contribution in [2.75, 3.05) is 18.0 Å². The maximum absolute atomic E-state index is 3.65. The fraction of sp³-hybridized carbons (Fsp3) is 0.625. The second kappa shape index (κ2) is 4.93. The Morgan fingerprint density at radius 2 is 2.06 bits per heavy atom. The van der Waals surface area contributed by atoms with Crippen LogP contribution in [-0.4, -0.2) is 25.2 Å². The van der Waals surface area contributed by atoms with E-state index in [9.17, 15) is 0 Å². The molecule has 1 fully saturated rings. The van der Waals surface area contributed by atoms with Gasteiger partial charge in [-0.15, -0.1) is 0 Å². The van der Waals surface area contributed by atoms with Gasteiger partial charge in [0.25, 0.3) is 0 Å². The average Bonchev–Trinajstić information content (AvgIpc) is 2.95. The van der Waals surface area contributed by atoms with Crippen LogP contribution in [0.5, 0.6) is 0 Å². The van der Waals surface area contributed by atoms with E-state index in [1.807, 2.05) is 0 Å². The summed E-state index contributed by atoms with van der Waals surface area (Å²) in [6.45, 7) is 6.83. The number of aryl methyl sites for hydroxylation is 2. The molecule has 3 rings (SSSR count). The van der Waals surface area contributed by atoms with Crippen molar-refractivity contribution in [3.05, 3.63) is 29.3 Å². The molecule has 0 spiro atoms. The molecule has 1 unspecified atom stereocenters. The summed E-state index contributed by atoms with van der Waals surface area (Å²) >= 11 is 0. The van der Waals surface area contributed by atoms with Gasteiger partial charge in [-0.25, -0.2) is 0 Å².